The van der Waals surface area contributed by atoms with Crippen LogP contribution in [0.3, 0.4) is 0 Å². The predicted octanol–water partition coefficient (Wildman–Crippen LogP) is 2.74. The molecule has 0 radical (unpaired) electrons. The van der Waals surface area contributed by atoms with Crippen LogP contribution in [-0.4, -0.2) is 107 Å². The largest absolute Gasteiger partial charge is 0.337 e. The van der Waals surface area contributed by atoms with Crippen LogP contribution in [0.25, 0.3) is 0 Å². The quantitative estimate of drug-likeness (QED) is 0.640. The van der Waals surface area contributed by atoms with Crippen LogP contribution in [-0.2, 0) is 19.4 Å². The first-order valence-corrected chi connectivity index (χ1v) is 14.1. The molecule has 5 rings (SSSR count). The molecule has 7 nitrogen and oxygen atoms in total. The van der Waals surface area contributed by atoms with Gasteiger partial charge in [0, 0.05) is 69.7 Å². The lowest BCUT2D eigenvalue weighted by Gasteiger charge is -2.42. The van der Waals surface area contributed by atoms with E-state index < -0.39 is 0 Å². The molecule has 1 aromatic heterocycles. The van der Waals surface area contributed by atoms with E-state index in [4.69, 9.17) is 5.10 Å². The number of aryl methyl sites for hydroxylation is 1. The monoisotopic (exact) mass is 470 g/mol. The van der Waals surface area contributed by atoms with E-state index in [1.54, 1.807) is 0 Å². The number of carbonyl (C=O) groups excluding carboxylic acids is 1. The Kier molecular flexibility index (Phi) is 7.91. The maximum Gasteiger partial charge on any atom is 0.274 e. The van der Waals surface area contributed by atoms with Crippen molar-refractivity contribution in [1.29, 1.82) is 0 Å². The lowest BCUT2D eigenvalue weighted by Crippen LogP contribution is -2.53. The minimum absolute atomic E-state index is 0.189. The average molecular weight is 471 g/mol. The number of carbonyl (C=O) groups is 1. The molecule has 0 N–H and O–H groups in total. The highest BCUT2D eigenvalue weighted by Crippen LogP contribution is 2.30. The third-order valence-electron chi connectivity index (χ3n) is 8.88. The molecule has 0 aromatic carbocycles. The smallest absolute Gasteiger partial charge is 0.274 e. The minimum Gasteiger partial charge on any atom is -0.337 e. The standard InChI is InChI=1S/C27H46N6O/c1-3-11-33-25-8-7-23(20-24(25)26(28-33)27(34)32-12-5-4-6-13-32)31-18-16-30(17-19-31)21-22-9-14-29(2)15-10-22/h22-23H,3-21H2,1-2H3. The van der Waals surface area contributed by atoms with Crippen LogP contribution in [0.5, 0.6) is 0 Å². The van der Waals surface area contributed by atoms with Gasteiger partial charge in [-0.15, -0.1) is 0 Å². The van der Waals surface area contributed by atoms with Crippen molar-refractivity contribution in [3.63, 3.8) is 0 Å². The molecule has 3 saturated heterocycles. The van der Waals surface area contributed by atoms with Gasteiger partial charge in [0.15, 0.2) is 5.69 Å². The zero-order valence-electron chi connectivity index (χ0n) is 21.7. The van der Waals surface area contributed by atoms with Crippen molar-refractivity contribution in [3.8, 4) is 0 Å². The number of hydrogen-bond donors (Lipinski definition) is 0. The molecule has 3 fully saturated rings. The Morgan fingerprint density at radius 1 is 0.941 bits per heavy atom. The number of aromatic nitrogens is 2. The molecule has 4 aliphatic rings. The Hall–Kier alpha value is -1.44. The number of piperidine rings is 2. The van der Waals surface area contributed by atoms with Crippen molar-refractivity contribution < 1.29 is 4.79 Å². The van der Waals surface area contributed by atoms with Gasteiger partial charge in [0.25, 0.3) is 5.91 Å². The number of amides is 1. The summed E-state index contributed by atoms with van der Waals surface area (Å²) in [5.41, 5.74) is 3.39. The highest BCUT2D eigenvalue weighted by Gasteiger charge is 2.34. The van der Waals surface area contributed by atoms with Crippen LogP contribution < -0.4 is 0 Å². The zero-order chi connectivity index (χ0) is 23.5. The Labute approximate surface area is 206 Å². The Morgan fingerprint density at radius 2 is 1.68 bits per heavy atom. The molecular weight excluding hydrogens is 424 g/mol. The molecule has 1 atom stereocenters. The Balaban J connectivity index is 1.21. The fourth-order valence-corrected chi connectivity index (χ4v) is 6.72. The number of fused-ring (bicyclic) bond motifs is 1. The second-order valence-electron chi connectivity index (χ2n) is 11.3. The fraction of sp³-hybridized carbons (Fsp3) is 0.852. The summed E-state index contributed by atoms with van der Waals surface area (Å²) in [5, 5.41) is 4.91. The topological polar surface area (TPSA) is 47.9 Å². The van der Waals surface area contributed by atoms with Crippen LogP contribution in [0.1, 0.15) is 73.6 Å². The van der Waals surface area contributed by atoms with Crippen molar-refractivity contribution >= 4 is 5.91 Å². The summed E-state index contributed by atoms with van der Waals surface area (Å²) in [7, 11) is 2.25. The molecule has 1 aromatic rings. The molecule has 4 heterocycles. The molecule has 0 bridgehead atoms. The van der Waals surface area contributed by atoms with Gasteiger partial charge in [0.2, 0.25) is 0 Å². The number of likely N-dealkylation sites (tertiary alicyclic amines) is 2. The highest BCUT2D eigenvalue weighted by atomic mass is 16.2. The van der Waals surface area contributed by atoms with Crippen molar-refractivity contribution in [3.05, 3.63) is 17.0 Å². The number of hydrogen-bond acceptors (Lipinski definition) is 5. The van der Waals surface area contributed by atoms with Gasteiger partial charge in [0.1, 0.15) is 0 Å². The van der Waals surface area contributed by atoms with E-state index in [-0.39, 0.29) is 5.91 Å². The third-order valence-corrected chi connectivity index (χ3v) is 8.88. The molecule has 1 aliphatic carbocycles. The van der Waals surface area contributed by atoms with E-state index >= 15 is 0 Å². The highest BCUT2D eigenvalue weighted by molar-refractivity contribution is 5.94. The second kappa shape index (κ2) is 11.1. The summed E-state index contributed by atoms with van der Waals surface area (Å²) in [5.74, 6) is 1.07. The second-order valence-corrected chi connectivity index (χ2v) is 11.3. The maximum absolute atomic E-state index is 13.5. The number of nitrogens with zero attached hydrogens (tertiary/aromatic N) is 6. The van der Waals surface area contributed by atoms with Gasteiger partial charge in [-0.3, -0.25) is 14.4 Å². The fourth-order valence-electron chi connectivity index (χ4n) is 6.72. The van der Waals surface area contributed by atoms with Gasteiger partial charge in [-0.1, -0.05) is 6.92 Å². The van der Waals surface area contributed by atoms with Crippen molar-refractivity contribution in [2.45, 2.75) is 77.3 Å². The SMILES string of the molecule is CCCn1nc(C(=O)N2CCCCC2)c2c1CCC(N1CCN(CC3CCN(C)CC3)CC1)C2. The predicted molar refractivity (Wildman–Crippen MR) is 136 cm³/mol. The van der Waals surface area contributed by atoms with Crippen LogP contribution in [0.15, 0.2) is 0 Å². The van der Waals surface area contributed by atoms with Gasteiger partial charge >= 0.3 is 0 Å². The molecule has 0 saturated carbocycles. The average Bonchev–Trinajstić information content (AvgIpc) is 3.24. The third kappa shape index (κ3) is 5.36. The van der Waals surface area contributed by atoms with Gasteiger partial charge in [0.05, 0.1) is 0 Å². The lowest BCUT2D eigenvalue weighted by molar-refractivity contribution is 0.0689. The first-order chi connectivity index (χ1) is 16.6. The summed E-state index contributed by atoms with van der Waals surface area (Å²) in [6.45, 7) is 13.5. The van der Waals surface area contributed by atoms with Crippen LogP contribution >= 0.6 is 0 Å². The molecular formula is C27H46N6O. The molecule has 1 amide bonds. The first kappa shape index (κ1) is 24.3. The van der Waals surface area contributed by atoms with Crippen molar-refractivity contribution in [2.24, 2.45) is 5.92 Å². The summed E-state index contributed by atoms with van der Waals surface area (Å²) < 4.78 is 2.17. The van der Waals surface area contributed by atoms with E-state index in [0.717, 1.165) is 63.4 Å². The van der Waals surface area contributed by atoms with Crippen molar-refractivity contribution in [2.75, 3.05) is 66.0 Å². The number of rotatable bonds is 6. The van der Waals surface area contributed by atoms with E-state index in [1.807, 2.05) is 0 Å². The molecule has 190 valence electrons. The minimum atomic E-state index is 0.189. The zero-order valence-corrected chi connectivity index (χ0v) is 21.7. The van der Waals surface area contributed by atoms with Crippen LogP contribution in [0.4, 0.5) is 0 Å². The van der Waals surface area contributed by atoms with Crippen LogP contribution in [0, 0.1) is 5.92 Å². The number of piperazine rings is 1. The normalized spacial score (nSPS) is 26.1. The molecule has 7 heteroatoms. The Bertz CT molecular complexity index is 815. The van der Waals surface area contributed by atoms with Gasteiger partial charge in [-0.05, 0) is 83.8 Å². The summed E-state index contributed by atoms with van der Waals surface area (Å²) >= 11 is 0. The molecule has 34 heavy (non-hydrogen) atoms. The summed E-state index contributed by atoms with van der Waals surface area (Å²) in [6.07, 6.45) is 10.6. The summed E-state index contributed by atoms with van der Waals surface area (Å²) in [4.78, 5) is 23.4. The first-order valence-electron chi connectivity index (χ1n) is 14.1. The Morgan fingerprint density at radius 3 is 2.38 bits per heavy atom. The van der Waals surface area contributed by atoms with Gasteiger partial charge in [-0.2, -0.15) is 5.10 Å². The molecule has 0 spiro atoms. The molecule has 1 unspecified atom stereocenters. The molecule has 3 aliphatic heterocycles. The van der Waals surface area contributed by atoms with Gasteiger partial charge < -0.3 is 14.7 Å². The van der Waals surface area contributed by atoms with Gasteiger partial charge in [-0.25, -0.2) is 0 Å². The lowest BCUT2D eigenvalue weighted by atomic mass is 9.89. The summed E-state index contributed by atoms with van der Waals surface area (Å²) in [6, 6.07) is 0.560. The van der Waals surface area contributed by atoms with E-state index in [9.17, 15) is 4.79 Å². The van der Waals surface area contributed by atoms with E-state index in [2.05, 4.69) is 38.3 Å². The van der Waals surface area contributed by atoms with E-state index in [0.29, 0.717) is 6.04 Å². The maximum atomic E-state index is 13.5. The van der Waals surface area contributed by atoms with Crippen LogP contribution in [0.2, 0.25) is 0 Å². The van der Waals surface area contributed by atoms with Crippen molar-refractivity contribution in [1.82, 2.24) is 29.4 Å². The van der Waals surface area contributed by atoms with E-state index in [1.165, 1.54) is 82.8 Å².